The molecule has 82 valence electrons. The van der Waals surface area contributed by atoms with Crippen LogP contribution in [0, 0.1) is 5.82 Å². The van der Waals surface area contributed by atoms with Gasteiger partial charge in [-0.05, 0) is 17.7 Å². The van der Waals surface area contributed by atoms with E-state index in [-0.39, 0.29) is 18.1 Å². The van der Waals surface area contributed by atoms with Crippen LogP contribution in [0.5, 0.6) is 5.75 Å². The Morgan fingerprint density at radius 2 is 2.27 bits per heavy atom. The molecule has 0 saturated heterocycles. The Labute approximate surface area is 87.4 Å². The Hall–Kier alpha value is -1.62. The summed E-state index contributed by atoms with van der Waals surface area (Å²) in [6.45, 7) is 0. The summed E-state index contributed by atoms with van der Waals surface area (Å²) in [5.74, 6) is -0.512. The van der Waals surface area contributed by atoms with E-state index in [0.717, 1.165) is 0 Å². The largest absolute Gasteiger partial charge is 0.494 e. The Morgan fingerprint density at radius 3 is 2.80 bits per heavy atom. The lowest BCUT2D eigenvalue weighted by atomic mass is 10.1. The number of carbonyl (C=O) groups excluding carboxylic acids is 1. The van der Waals surface area contributed by atoms with E-state index in [1.165, 1.54) is 19.2 Å². The van der Waals surface area contributed by atoms with E-state index in [2.05, 4.69) is 10.9 Å². The van der Waals surface area contributed by atoms with Gasteiger partial charge in [-0.25, -0.2) is 9.82 Å². The minimum absolute atomic E-state index is 0.127. The first-order valence-corrected chi connectivity index (χ1v) is 4.45. The SMILES string of the molecule is CNNC(=O)Cc1ccc(OC)c(F)c1. The monoisotopic (exact) mass is 212 g/mol. The van der Waals surface area contributed by atoms with Crippen LogP contribution in [0.25, 0.3) is 0 Å². The van der Waals surface area contributed by atoms with Crippen molar-refractivity contribution >= 4 is 5.91 Å². The van der Waals surface area contributed by atoms with E-state index in [9.17, 15) is 9.18 Å². The summed E-state index contributed by atoms with van der Waals surface area (Å²) >= 11 is 0. The molecule has 1 rings (SSSR count). The van der Waals surface area contributed by atoms with Gasteiger partial charge >= 0.3 is 0 Å². The van der Waals surface area contributed by atoms with Crippen LogP contribution >= 0.6 is 0 Å². The third kappa shape index (κ3) is 3.21. The molecule has 5 heteroatoms. The molecule has 0 radical (unpaired) electrons. The molecule has 1 aromatic carbocycles. The van der Waals surface area contributed by atoms with Crippen molar-refractivity contribution in [2.75, 3.05) is 14.2 Å². The highest BCUT2D eigenvalue weighted by molar-refractivity contribution is 5.78. The van der Waals surface area contributed by atoms with Crippen LogP contribution in [0.1, 0.15) is 5.56 Å². The molecule has 0 atom stereocenters. The summed E-state index contributed by atoms with van der Waals surface area (Å²) in [6.07, 6.45) is 0.127. The standard InChI is InChI=1S/C10H13FN2O2/c1-12-13-10(14)6-7-3-4-9(15-2)8(11)5-7/h3-5,12H,6H2,1-2H3,(H,13,14). The van der Waals surface area contributed by atoms with Crippen molar-refractivity contribution in [1.82, 2.24) is 10.9 Å². The van der Waals surface area contributed by atoms with E-state index < -0.39 is 5.82 Å². The Kier molecular flexibility index (Phi) is 4.05. The molecule has 0 aliphatic carbocycles. The van der Waals surface area contributed by atoms with Gasteiger partial charge in [0.05, 0.1) is 13.5 Å². The number of nitrogens with one attached hydrogen (secondary N) is 2. The third-order valence-corrected chi connectivity index (χ3v) is 1.85. The van der Waals surface area contributed by atoms with Crippen molar-refractivity contribution in [1.29, 1.82) is 0 Å². The fourth-order valence-electron chi connectivity index (χ4n) is 1.19. The van der Waals surface area contributed by atoms with Crippen molar-refractivity contribution in [2.24, 2.45) is 0 Å². The number of benzene rings is 1. The van der Waals surface area contributed by atoms with Crippen molar-refractivity contribution in [3.63, 3.8) is 0 Å². The number of hydrazine groups is 1. The third-order valence-electron chi connectivity index (χ3n) is 1.85. The molecule has 1 amide bonds. The molecule has 15 heavy (non-hydrogen) atoms. The second-order valence-corrected chi connectivity index (χ2v) is 2.94. The molecule has 0 aliphatic rings. The predicted octanol–water partition coefficient (Wildman–Crippen LogP) is 0.627. The van der Waals surface area contributed by atoms with Gasteiger partial charge < -0.3 is 4.74 Å². The molecule has 0 unspecified atom stereocenters. The highest BCUT2D eigenvalue weighted by Crippen LogP contribution is 2.17. The maximum atomic E-state index is 13.2. The molecule has 0 heterocycles. The van der Waals surface area contributed by atoms with Gasteiger partial charge in [0.2, 0.25) is 5.91 Å². The zero-order valence-corrected chi connectivity index (χ0v) is 8.63. The van der Waals surface area contributed by atoms with Crippen molar-refractivity contribution in [3.05, 3.63) is 29.6 Å². The van der Waals surface area contributed by atoms with Crippen LogP contribution < -0.4 is 15.6 Å². The lowest BCUT2D eigenvalue weighted by Crippen LogP contribution is -2.35. The minimum atomic E-state index is -0.466. The van der Waals surface area contributed by atoms with Crippen LogP contribution in [-0.2, 0) is 11.2 Å². The van der Waals surface area contributed by atoms with E-state index >= 15 is 0 Å². The van der Waals surface area contributed by atoms with Gasteiger partial charge in [0.1, 0.15) is 0 Å². The molecule has 0 aromatic heterocycles. The first kappa shape index (κ1) is 11.5. The Morgan fingerprint density at radius 1 is 1.53 bits per heavy atom. The summed E-state index contributed by atoms with van der Waals surface area (Å²) in [7, 11) is 2.98. The Bertz CT molecular complexity index is 355. The molecule has 4 nitrogen and oxygen atoms in total. The van der Waals surface area contributed by atoms with Gasteiger partial charge in [-0.2, -0.15) is 0 Å². The second kappa shape index (κ2) is 5.31. The van der Waals surface area contributed by atoms with E-state index in [0.29, 0.717) is 5.56 Å². The number of amides is 1. The van der Waals surface area contributed by atoms with Crippen LogP contribution in [-0.4, -0.2) is 20.1 Å². The fourth-order valence-corrected chi connectivity index (χ4v) is 1.19. The fraction of sp³-hybridized carbons (Fsp3) is 0.300. The van der Waals surface area contributed by atoms with Gasteiger partial charge in [-0.3, -0.25) is 10.2 Å². The molecule has 0 bridgehead atoms. The summed E-state index contributed by atoms with van der Waals surface area (Å²) in [5.41, 5.74) is 5.50. The summed E-state index contributed by atoms with van der Waals surface area (Å²) < 4.78 is 18.0. The van der Waals surface area contributed by atoms with Crippen molar-refractivity contribution in [3.8, 4) is 5.75 Å². The first-order valence-electron chi connectivity index (χ1n) is 4.45. The van der Waals surface area contributed by atoms with Gasteiger partial charge in [0.15, 0.2) is 11.6 Å². The Balaban J connectivity index is 2.71. The van der Waals surface area contributed by atoms with Crippen LogP contribution in [0.2, 0.25) is 0 Å². The van der Waals surface area contributed by atoms with Gasteiger partial charge in [-0.1, -0.05) is 6.07 Å². The predicted molar refractivity (Wildman–Crippen MR) is 53.9 cm³/mol. The first-order chi connectivity index (χ1) is 7.17. The minimum Gasteiger partial charge on any atom is -0.494 e. The number of rotatable bonds is 4. The molecule has 0 saturated carbocycles. The molecular formula is C10H13FN2O2. The second-order valence-electron chi connectivity index (χ2n) is 2.94. The molecule has 0 fully saturated rings. The maximum absolute atomic E-state index is 13.2. The average molecular weight is 212 g/mol. The number of ether oxygens (including phenoxy) is 1. The number of methoxy groups -OCH3 is 1. The summed E-state index contributed by atoms with van der Waals surface area (Å²) in [6, 6.07) is 4.43. The maximum Gasteiger partial charge on any atom is 0.238 e. The van der Waals surface area contributed by atoms with E-state index in [1.807, 2.05) is 0 Å². The molecule has 1 aromatic rings. The molecular weight excluding hydrogens is 199 g/mol. The van der Waals surface area contributed by atoms with Crippen molar-refractivity contribution in [2.45, 2.75) is 6.42 Å². The normalized spacial score (nSPS) is 9.80. The van der Waals surface area contributed by atoms with Crippen LogP contribution in [0.4, 0.5) is 4.39 Å². The van der Waals surface area contributed by atoms with Gasteiger partial charge in [0, 0.05) is 7.05 Å². The van der Waals surface area contributed by atoms with Gasteiger partial charge in [0.25, 0.3) is 0 Å². The zero-order valence-electron chi connectivity index (χ0n) is 8.63. The van der Waals surface area contributed by atoms with Crippen LogP contribution in [0.15, 0.2) is 18.2 Å². The zero-order chi connectivity index (χ0) is 11.3. The molecule has 2 N–H and O–H groups in total. The molecule has 0 aliphatic heterocycles. The van der Waals surface area contributed by atoms with E-state index in [4.69, 9.17) is 4.74 Å². The summed E-state index contributed by atoms with van der Waals surface area (Å²) in [4.78, 5) is 11.2. The topological polar surface area (TPSA) is 50.4 Å². The highest BCUT2D eigenvalue weighted by Gasteiger charge is 2.06. The number of hydrogen-bond acceptors (Lipinski definition) is 3. The number of hydrogen-bond donors (Lipinski definition) is 2. The summed E-state index contributed by atoms with van der Waals surface area (Å²) in [5, 5.41) is 0. The molecule has 0 spiro atoms. The van der Waals surface area contributed by atoms with Crippen LogP contribution in [0.3, 0.4) is 0 Å². The van der Waals surface area contributed by atoms with E-state index in [1.54, 1.807) is 13.1 Å². The number of carbonyl (C=O) groups is 1. The smallest absolute Gasteiger partial charge is 0.238 e. The number of halogens is 1. The highest BCUT2D eigenvalue weighted by atomic mass is 19.1. The lowest BCUT2D eigenvalue weighted by molar-refractivity contribution is -0.121. The van der Waals surface area contributed by atoms with Gasteiger partial charge in [-0.15, -0.1) is 0 Å². The average Bonchev–Trinajstić information content (AvgIpc) is 2.18. The quantitative estimate of drug-likeness (QED) is 0.720. The van der Waals surface area contributed by atoms with Crippen molar-refractivity contribution < 1.29 is 13.9 Å². The lowest BCUT2D eigenvalue weighted by Gasteiger charge is -2.05.